The molecule has 8 atom stereocenters. The van der Waals surface area contributed by atoms with E-state index in [4.69, 9.17) is 4.98 Å². The van der Waals surface area contributed by atoms with Crippen molar-refractivity contribution in [3.63, 3.8) is 0 Å². The van der Waals surface area contributed by atoms with Crippen LogP contribution in [0.1, 0.15) is 87.2 Å². The van der Waals surface area contributed by atoms with Crippen LogP contribution in [0.15, 0.2) is 78.9 Å². The minimum atomic E-state index is 0.772. The minimum absolute atomic E-state index is 0.772. The molecule has 4 fully saturated rings. The summed E-state index contributed by atoms with van der Waals surface area (Å²) in [5.74, 6) is 7.55. The number of thiophene rings is 1. The van der Waals surface area contributed by atoms with E-state index in [2.05, 4.69) is 78.9 Å². The molecule has 0 aliphatic heterocycles. The summed E-state index contributed by atoms with van der Waals surface area (Å²) < 4.78 is 2.70. The van der Waals surface area contributed by atoms with E-state index in [1.807, 2.05) is 11.3 Å². The number of aromatic nitrogens is 1. The molecule has 8 unspecified atom stereocenters. The Kier molecular flexibility index (Phi) is 5.76. The second-order valence-electron chi connectivity index (χ2n) is 14.7. The average Bonchev–Trinajstić information content (AvgIpc) is 3.47. The van der Waals surface area contributed by atoms with Crippen molar-refractivity contribution >= 4 is 31.5 Å². The Labute approximate surface area is 259 Å². The molecular formula is C41H41NS. The Bertz CT molecular complexity index is 1860. The number of hydrogen-bond acceptors (Lipinski definition) is 2. The Balaban J connectivity index is 1.07. The van der Waals surface area contributed by atoms with Crippen LogP contribution in [0, 0.1) is 35.5 Å². The number of benzene rings is 3. The molecule has 5 aliphatic carbocycles. The molecule has 2 heteroatoms. The maximum absolute atomic E-state index is 5.37. The Morgan fingerprint density at radius 2 is 1.21 bits per heavy atom. The van der Waals surface area contributed by atoms with Crippen LogP contribution in [0.25, 0.3) is 42.7 Å². The van der Waals surface area contributed by atoms with E-state index in [9.17, 15) is 0 Å². The third-order valence-corrected chi connectivity index (χ3v) is 14.3. The lowest BCUT2D eigenvalue weighted by atomic mass is 9.41. The van der Waals surface area contributed by atoms with Crippen LogP contribution in [0.3, 0.4) is 0 Å². The highest BCUT2D eigenvalue weighted by molar-refractivity contribution is 7.26. The summed E-state index contributed by atoms with van der Waals surface area (Å²) >= 11 is 1.90. The van der Waals surface area contributed by atoms with Crippen molar-refractivity contribution in [2.45, 2.75) is 76.0 Å². The standard InChI is InChI=1S/C41H41NS/c1-2-10-26-25(9-1)29-12-5-14-31-27-22-21-24(23-35(27)32-15-6-13-30(26)40(32)39(29)31)36-18-8-19-37(42-36)34-17-7-16-33-28-11-3-4-20-38(28)43-41(33)34/h3-4,7-8,11,16-23,25-26,29-32,39-40H,1-2,5-6,9-10,12-15H2. The van der Waals surface area contributed by atoms with Crippen LogP contribution in [0.2, 0.25) is 0 Å². The first kappa shape index (κ1) is 25.4. The van der Waals surface area contributed by atoms with Gasteiger partial charge in [0, 0.05) is 31.3 Å². The lowest BCUT2D eigenvalue weighted by molar-refractivity contribution is -0.101. The lowest BCUT2D eigenvalue weighted by Gasteiger charge is -2.63. The van der Waals surface area contributed by atoms with Gasteiger partial charge in [0.15, 0.2) is 0 Å². The smallest absolute Gasteiger partial charge is 0.0723 e. The number of fused-ring (bicyclic) bond motifs is 9. The fraction of sp³-hybridized carbons (Fsp3) is 0.439. The molecule has 0 radical (unpaired) electrons. The summed E-state index contributed by atoms with van der Waals surface area (Å²) in [6, 6.07) is 29.9. The van der Waals surface area contributed by atoms with Gasteiger partial charge < -0.3 is 0 Å². The van der Waals surface area contributed by atoms with Crippen molar-refractivity contribution < 1.29 is 0 Å². The molecule has 2 heterocycles. The molecule has 0 amide bonds. The second kappa shape index (κ2) is 9.77. The molecule has 216 valence electrons. The first-order valence-corrected chi connectivity index (χ1v) is 18.2. The molecule has 0 bridgehead atoms. The Hall–Kier alpha value is -2.97. The van der Waals surface area contributed by atoms with Gasteiger partial charge in [-0.1, -0.05) is 80.3 Å². The predicted molar refractivity (Wildman–Crippen MR) is 181 cm³/mol. The molecule has 43 heavy (non-hydrogen) atoms. The summed E-state index contributed by atoms with van der Waals surface area (Å²) in [6.07, 6.45) is 14.8. The second-order valence-corrected chi connectivity index (χ2v) is 15.8. The van der Waals surface area contributed by atoms with E-state index in [1.54, 1.807) is 11.1 Å². The normalized spacial score (nSPS) is 32.7. The zero-order chi connectivity index (χ0) is 28.1. The van der Waals surface area contributed by atoms with Crippen molar-refractivity contribution in [2.75, 3.05) is 0 Å². The van der Waals surface area contributed by atoms with E-state index in [0.717, 1.165) is 58.7 Å². The summed E-state index contributed by atoms with van der Waals surface area (Å²) in [4.78, 5) is 5.37. The average molecular weight is 580 g/mol. The third kappa shape index (κ3) is 3.71. The zero-order valence-corrected chi connectivity index (χ0v) is 25.9. The maximum atomic E-state index is 5.37. The predicted octanol–water partition coefficient (Wildman–Crippen LogP) is 11.6. The number of rotatable bonds is 2. The fourth-order valence-electron chi connectivity index (χ4n) is 11.7. The van der Waals surface area contributed by atoms with Gasteiger partial charge in [-0.3, -0.25) is 0 Å². The molecule has 0 spiro atoms. The van der Waals surface area contributed by atoms with E-state index < -0.39 is 0 Å². The van der Waals surface area contributed by atoms with Gasteiger partial charge in [0.1, 0.15) is 0 Å². The van der Waals surface area contributed by atoms with Gasteiger partial charge in [0.2, 0.25) is 0 Å². The van der Waals surface area contributed by atoms with Crippen molar-refractivity contribution in [3.05, 3.63) is 90.0 Å². The monoisotopic (exact) mass is 579 g/mol. The molecular weight excluding hydrogens is 539 g/mol. The van der Waals surface area contributed by atoms with Crippen LogP contribution in [-0.4, -0.2) is 4.98 Å². The molecule has 1 nitrogen and oxygen atoms in total. The van der Waals surface area contributed by atoms with Gasteiger partial charge in [-0.25, -0.2) is 4.98 Å². The van der Waals surface area contributed by atoms with Crippen molar-refractivity contribution in [2.24, 2.45) is 35.5 Å². The van der Waals surface area contributed by atoms with Gasteiger partial charge in [0.05, 0.1) is 11.4 Å². The first-order chi connectivity index (χ1) is 21.3. The molecule has 2 aromatic heterocycles. The maximum Gasteiger partial charge on any atom is 0.0723 e. The van der Waals surface area contributed by atoms with Crippen LogP contribution in [0.5, 0.6) is 0 Å². The zero-order valence-electron chi connectivity index (χ0n) is 25.1. The van der Waals surface area contributed by atoms with E-state index in [1.165, 1.54) is 95.5 Å². The Morgan fingerprint density at radius 1 is 0.535 bits per heavy atom. The van der Waals surface area contributed by atoms with E-state index >= 15 is 0 Å². The van der Waals surface area contributed by atoms with E-state index in [0.29, 0.717) is 0 Å². The largest absolute Gasteiger partial charge is 0.248 e. The van der Waals surface area contributed by atoms with Crippen molar-refractivity contribution in [1.29, 1.82) is 0 Å². The summed E-state index contributed by atoms with van der Waals surface area (Å²) in [5.41, 5.74) is 8.27. The first-order valence-electron chi connectivity index (χ1n) is 17.4. The minimum Gasteiger partial charge on any atom is -0.248 e. The quantitative estimate of drug-likeness (QED) is 0.203. The van der Waals surface area contributed by atoms with Crippen LogP contribution in [-0.2, 0) is 0 Å². The molecule has 3 aromatic carbocycles. The molecule has 5 aromatic rings. The van der Waals surface area contributed by atoms with Crippen LogP contribution in [0.4, 0.5) is 0 Å². The molecule has 4 saturated carbocycles. The number of nitrogens with zero attached hydrogens (tertiary/aromatic N) is 1. The molecule has 0 N–H and O–H groups in total. The van der Waals surface area contributed by atoms with Crippen molar-refractivity contribution in [3.8, 4) is 22.5 Å². The SMILES string of the molecule is c1cc(-c2ccc3c(c2)C2CCCC4C5CCCCC5C5CCCC3C5C24)nc(-c2cccc3c2sc2ccccc23)c1. The molecule has 10 rings (SSSR count). The summed E-state index contributed by atoms with van der Waals surface area (Å²) in [6.45, 7) is 0. The third-order valence-electron chi connectivity index (χ3n) is 13.1. The topological polar surface area (TPSA) is 12.9 Å². The van der Waals surface area contributed by atoms with Crippen molar-refractivity contribution in [1.82, 2.24) is 4.98 Å². The summed E-state index contributed by atoms with van der Waals surface area (Å²) in [7, 11) is 0. The van der Waals surface area contributed by atoms with Gasteiger partial charge in [0.25, 0.3) is 0 Å². The highest BCUT2D eigenvalue weighted by atomic mass is 32.1. The number of pyridine rings is 1. The van der Waals surface area contributed by atoms with Gasteiger partial charge in [-0.15, -0.1) is 11.3 Å². The molecule has 0 saturated heterocycles. The van der Waals surface area contributed by atoms with Gasteiger partial charge in [-0.2, -0.15) is 0 Å². The van der Waals surface area contributed by atoms with Gasteiger partial charge in [-0.05, 0) is 121 Å². The van der Waals surface area contributed by atoms with E-state index in [-0.39, 0.29) is 0 Å². The highest BCUT2D eigenvalue weighted by Crippen LogP contribution is 2.68. The van der Waals surface area contributed by atoms with Gasteiger partial charge >= 0.3 is 0 Å². The Morgan fingerprint density at radius 3 is 2.02 bits per heavy atom. The van der Waals surface area contributed by atoms with Crippen LogP contribution >= 0.6 is 11.3 Å². The van der Waals surface area contributed by atoms with Crippen LogP contribution < -0.4 is 0 Å². The lowest BCUT2D eigenvalue weighted by Crippen LogP contribution is -2.55. The molecule has 5 aliphatic rings. The highest BCUT2D eigenvalue weighted by Gasteiger charge is 2.58. The summed E-state index contributed by atoms with van der Waals surface area (Å²) in [5, 5.41) is 2.70. The number of hydrogen-bond donors (Lipinski definition) is 0. The fourth-order valence-corrected chi connectivity index (χ4v) is 12.9.